The minimum absolute atomic E-state index is 0.337. The maximum atomic E-state index is 13.4. The fourth-order valence-electron chi connectivity index (χ4n) is 4.84. The Hall–Kier alpha value is -3.92. The summed E-state index contributed by atoms with van der Waals surface area (Å²) in [6, 6.07) is 17.3. The van der Waals surface area contributed by atoms with E-state index >= 15 is 0 Å². The lowest BCUT2D eigenvalue weighted by atomic mass is 9.85. The van der Waals surface area contributed by atoms with Crippen molar-refractivity contribution in [1.82, 2.24) is 9.55 Å². The molecule has 0 spiro atoms. The van der Waals surface area contributed by atoms with Gasteiger partial charge in [-0.05, 0) is 61.6 Å². The van der Waals surface area contributed by atoms with Crippen LogP contribution in [0.1, 0.15) is 37.4 Å². The molecule has 5 rings (SSSR count). The van der Waals surface area contributed by atoms with Crippen LogP contribution in [0.25, 0.3) is 11.0 Å². The molecule has 1 fully saturated rings. The van der Waals surface area contributed by atoms with E-state index in [0.29, 0.717) is 24.6 Å². The van der Waals surface area contributed by atoms with Gasteiger partial charge in [0.25, 0.3) is 15.7 Å². The van der Waals surface area contributed by atoms with Gasteiger partial charge in [0.15, 0.2) is 4.90 Å². The van der Waals surface area contributed by atoms with Gasteiger partial charge < -0.3 is 9.30 Å². The number of aromatic nitrogens is 2. The number of fused-ring (bicyclic) bond motifs is 1. The second-order valence-electron chi connectivity index (χ2n) is 9.60. The lowest BCUT2D eigenvalue weighted by Crippen LogP contribution is -2.27. The smallest absolute Gasteiger partial charge is 0.289 e. The third kappa shape index (κ3) is 4.96. The number of rotatable bonds is 10. The number of benzene rings is 2. The van der Waals surface area contributed by atoms with Gasteiger partial charge in [0.1, 0.15) is 11.4 Å². The average molecular weight is 535 g/mol. The van der Waals surface area contributed by atoms with Gasteiger partial charge >= 0.3 is 0 Å². The Balaban J connectivity index is 1.50. The van der Waals surface area contributed by atoms with Crippen LogP contribution in [0, 0.1) is 16.0 Å². The van der Waals surface area contributed by atoms with Gasteiger partial charge in [-0.1, -0.05) is 30.7 Å². The Bertz CT molecular complexity index is 1580. The molecule has 2 aromatic carbocycles. The first-order valence-electron chi connectivity index (χ1n) is 12.7. The molecule has 0 bridgehead atoms. The molecular weight excluding hydrogens is 504 g/mol. The van der Waals surface area contributed by atoms with E-state index in [0.717, 1.165) is 38.9 Å². The molecule has 0 radical (unpaired) electrons. The zero-order valence-corrected chi connectivity index (χ0v) is 22.2. The minimum Gasteiger partial charge on any atom is -0.494 e. The quantitative estimate of drug-likeness (QED) is 0.195. The van der Waals surface area contributed by atoms with E-state index in [9.17, 15) is 18.5 Å². The molecule has 1 aliphatic carbocycles. The molecule has 0 saturated heterocycles. The van der Waals surface area contributed by atoms with Crippen molar-refractivity contribution in [2.24, 2.45) is 5.92 Å². The molecule has 198 valence electrons. The van der Waals surface area contributed by atoms with E-state index in [4.69, 9.17) is 4.74 Å². The molecule has 38 heavy (non-hydrogen) atoms. The molecule has 10 heteroatoms. The van der Waals surface area contributed by atoms with Gasteiger partial charge in [-0.3, -0.25) is 14.4 Å². The van der Waals surface area contributed by atoms with Crippen LogP contribution in [-0.2, 0) is 23.0 Å². The first kappa shape index (κ1) is 25.7. The Kier molecular flexibility index (Phi) is 7.07. The first-order chi connectivity index (χ1) is 18.3. The van der Waals surface area contributed by atoms with Crippen molar-refractivity contribution in [3.05, 3.63) is 88.2 Å². The summed E-state index contributed by atoms with van der Waals surface area (Å²) in [6.07, 6.45) is 5.85. The standard InChI is InChI=1S/C28H30N4O5S/c1-3-37-25-13-11-20(12-14-25)15-23-16-22-17-24(18-29-28(22)31(23)19-21-7-6-8-21)30(2)38(35,36)27-10-5-4-9-26(27)32(33)34/h4-5,9-14,16-18,21H,3,6-8,15,19H2,1-2H3. The fraction of sp³-hybridized carbons (Fsp3) is 0.321. The van der Waals surface area contributed by atoms with Crippen molar-refractivity contribution < 1.29 is 18.1 Å². The Morgan fingerprint density at radius 2 is 1.87 bits per heavy atom. The van der Waals surface area contributed by atoms with E-state index in [1.165, 1.54) is 56.8 Å². The molecular formula is C28H30N4O5S. The maximum Gasteiger partial charge on any atom is 0.289 e. The van der Waals surface area contributed by atoms with Crippen LogP contribution in [0.4, 0.5) is 11.4 Å². The minimum atomic E-state index is -4.18. The van der Waals surface area contributed by atoms with Gasteiger partial charge in [0.2, 0.25) is 0 Å². The van der Waals surface area contributed by atoms with Gasteiger partial charge in [0.05, 0.1) is 23.4 Å². The normalized spacial score (nSPS) is 13.8. The molecule has 4 aromatic rings. The lowest BCUT2D eigenvalue weighted by molar-refractivity contribution is -0.387. The summed E-state index contributed by atoms with van der Waals surface area (Å²) < 4.78 is 35.6. The maximum absolute atomic E-state index is 13.4. The third-order valence-corrected chi connectivity index (χ3v) is 8.99. The monoisotopic (exact) mass is 534 g/mol. The van der Waals surface area contributed by atoms with Crippen LogP contribution in [0.5, 0.6) is 5.75 Å². The summed E-state index contributed by atoms with van der Waals surface area (Å²) in [5, 5.41) is 12.3. The molecule has 2 heterocycles. The number of para-hydroxylation sites is 1. The van der Waals surface area contributed by atoms with Gasteiger partial charge in [0, 0.05) is 37.2 Å². The second kappa shape index (κ2) is 10.4. The van der Waals surface area contributed by atoms with E-state index in [-0.39, 0.29) is 4.90 Å². The third-order valence-electron chi connectivity index (χ3n) is 7.15. The Morgan fingerprint density at radius 1 is 1.13 bits per heavy atom. The molecule has 1 aliphatic rings. The van der Waals surface area contributed by atoms with Gasteiger partial charge in [-0.15, -0.1) is 0 Å². The van der Waals surface area contributed by atoms with E-state index in [1.54, 1.807) is 6.07 Å². The number of nitro groups is 1. The molecule has 0 atom stereocenters. The zero-order valence-electron chi connectivity index (χ0n) is 21.4. The lowest BCUT2D eigenvalue weighted by Gasteiger charge is -2.27. The largest absolute Gasteiger partial charge is 0.494 e. The van der Waals surface area contributed by atoms with Crippen LogP contribution < -0.4 is 9.04 Å². The summed E-state index contributed by atoms with van der Waals surface area (Å²) >= 11 is 0. The molecule has 2 aromatic heterocycles. The highest BCUT2D eigenvalue weighted by atomic mass is 32.2. The summed E-state index contributed by atoms with van der Waals surface area (Å²) in [6.45, 7) is 3.44. The summed E-state index contributed by atoms with van der Waals surface area (Å²) in [4.78, 5) is 15.1. The number of nitrogens with zero attached hydrogens (tertiary/aromatic N) is 4. The molecule has 0 unspecified atom stereocenters. The highest BCUT2D eigenvalue weighted by molar-refractivity contribution is 7.93. The Labute approximate surface area is 221 Å². The number of sulfonamides is 1. The summed E-state index contributed by atoms with van der Waals surface area (Å²) in [5.74, 6) is 1.44. The van der Waals surface area contributed by atoms with Crippen molar-refractivity contribution >= 4 is 32.4 Å². The SMILES string of the molecule is CCOc1ccc(Cc2cc3cc(N(C)S(=O)(=O)c4ccccc4[N+](=O)[O-])cnc3n2CC2CCC2)cc1. The van der Waals surface area contributed by atoms with Crippen molar-refractivity contribution in [2.75, 3.05) is 18.0 Å². The van der Waals surface area contributed by atoms with Crippen LogP contribution >= 0.6 is 0 Å². The number of hydrogen-bond acceptors (Lipinski definition) is 6. The van der Waals surface area contributed by atoms with Gasteiger partial charge in [-0.25, -0.2) is 13.4 Å². The van der Waals surface area contributed by atoms with Crippen molar-refractivity contribution in [3.8, 4) is 5.75 Å². The molecule has 0 aliphatic heterocycles. The molecule has 0 amide bonds. The highest BCUT2D eigenvalue weighted by Crippen LogP contribution is 2.33. The number of hydrogen-bond donors (Lipinski definition) is 0. The van der Waals surface area contributed by atoms with E-state index in [2.05, 4.69) is 27.8 Å². The predicted octanol–water partition coefficient (Wildman–Crippen LogP) is 5.56. The van der Waals surface area contributed by atoms with Crippen LogP contribution in [-0.4, -0.2) is 36.5 Å². The molecule has 1 saturated carbocycles. The summed E-state index contributed by atoms with van der Waals surface area (Å²) in [5.41, 5.74) is 2.92. The van der Waals surface area contributed by atoms with Crippen LogP contribution in [0.3, 0.4) is 0 Å². The van der Waals surface area contributed by atoms with Crippen molar-refractivity contribution in [1.29, 1.82) is 0 Å². The fourth-order valence-corrected chi connectivity index (χ4v) is 6.17. The predicted molar refractivity (Wildman–Crippen MR) is 146 cm³/mol. The zero-order chi connectivity index (χ0) is 26.9. The highest BCUT2D eigenvalue weighted by Gasteiger charge is 2.30. The number of anilines is 1. The molecule has 9 nitrogen and oxygen atoms in total. The first-order valence-corrected chi connectivity index (χ1v) is 14.1. The van der Waals surface area contributed by atoms with Gasteiger partial charge in [-0.2, -0.15) is 0 Å². The Morgan fingerprint density at radius 3 is 2.53 bits per heavy atom. The number of nitro benzene ring substituents is 1. The average Bonchev–Trinajstić information content (AvgIpc) is 3.22. The van der Waals surface area contributed by atoms with Crippen LogP contribution in [0.2, 0.25) is 0 Å². The topological polar surface area (TPSA) is 108 Å². The number of pyridine rings is 1. The van der Waals surface area contributed by atoms with E-state index in [1.807, 2.05) is 19.1 Å². The molecule has 0 N–H and O–H groups in total. The van der Waals surface area contributed by atoms with E-state index < -0.39 is 20.6 Å². The number of ether oxygens (including phenoxy) is 1. The second-order valence-corrected chi connectivity index (χ2v) is 11.5. The van der Waals surface area contributed by atoms with Crippen molar-refractivity contribution in [3.63, 3.8) is 0 Å². The summed E-state index contributed by atoms with van der Waals surface area (Å²) in [7, 11) is -2.79. The van der Waals surface area contributed by atoms with Crippen LogP contribution in [0.15, 0.2) is 71.8 Å². The van der Waals surface area contributed by atoms with Crippen molar-refractivity contribution in [2.45, 2.75) is 44.0 Å².